The fourth-order valence-corrected chi connectivity index (χ4v) is 4.15. The average molecular weight is 249 g/mol. The number of hydrogen-bond acceptors (Lipinski definition) is 2. The molecule has 2 unspecified atom stereocenters. The normalized spacial score (nSPS) is 21.7. The lowest BCUT2D eigenvalue weighted by atomic mass is 9.97. The summed E-state index contributed by atoms with van der Waals surface area (Å²) < 4.78 is 0. The van der Waals surface area contributed by atoms with Gasteiger partial charge in [-0.3, -0.25) is 0 Å². The molecule has 1 aliphatic rings. The highest BCUT2D eigenvalue weighted by atomic mass is 32.2. The van der Waals surface area contributed by atoms with Gasteiger partial charge in [0, 0.05) is 11.3 Å². The Hall–Kier alpha value is -0.470. The molecular formula is C15H23NS. The van der Waals surface area contributed by atoms with Gasteiger partial charge < -0.3 is 5.32 Å². The highest BCUT2D eigenvalue weighted by molar-refractivity contribution is 8.00. The number of hydrogen-bond donors (Lipinski definition) is 1. The number of nitrogens with one attached hydrogen (secondary N) is 1. The minimum Gasteiger partial charge on any atom is -0.309 e. The van der Waals surface area contributed by atoms with Crippen molar-refractivity contribution < 1.29 is 0 Å². The van der Waals surface area contributed by atoms with Crippen LogP contribution in [0.3, 0.4) is 0 Å². The summed E-state index contributed by atoms with van der Waals surface area (Å²) in [6.45, 7) is 7.65. The average Bonchev–Trinajstić information content (AvgIpc) is 2.77. The summed E-state index contributed by atoms with van der Waals surface area (Å²) in [6, 6.07) is 7.48. The summed E-state index contributed by atoms with van der Waals surface area (Å²) in [7, 11) is 0. The zero-order chi connectivity index (χ0) is 12.3. The fourth-order valence-electron chi connectivity index (χ4n) is 2.74. The van der Waals surface area contributed by atoms with Gasteiger partial charge in [-0.15, -0.1) is 0 Å². The Morgan fingerprint density at radius 2 is 2.00 bits per heavy atom. The van der Waals surface area contributed by atoms with Crippen LogP contribution in [0.5, 0.6) is 0 Å². The van der Waals surface area contributed by atoms with E-state index in [9.17, 15) is 0 Å². The molecule has 2 rings (SSSR count). The molecule has 0 aromatic heterocycles. The van der Waals surface area contributed by atoms with Crippen molar-refractivity contribution in [3.05, 3.63) is 34.9 Å². The van der Waals surface area contributed by atoms with Crippen LogP contribution in [-0.4, -0.2) is 17.5 Å². The van der Waals surface area contributed by atoms with E-state index in [0.717, 1.165) is 11.8 Å². The SMILES string of the molecule is CCNC(c1cc(C)cc(C)c1)C1CCCS1. The molecule has 1 heterocycles. The second-order valence-electron chi connectivity index (χ2n) is 5.01. The van der Waals surface area contributed by atoms with Crippen molar-refractivity contribution in [2.75, 3.05) is 12.3 Å². The second kappa shape index (κ2) is 5.92. The summed E-state index contributed by atoms with van der Waals surface area (Å²) in [4.78, 5) is 0. The van der Waals surface area contributed by atoms with Crippen molar-refractivity contribution in [1.82, 2.24) is 5.32 Å². The van der Waals surface area contributed by atoms with E-state index >= 15 is 0 Å². The van der Waals surface area contributed by atoms with E-state index in [0.29, 0.717) is 6.04 Å². The summed E-state index contributed by atoms with van der Waals surface area (Å²) in [5.74, 6) is 1.33. The molecule has 1 aromatic carbocycles. The molecule has 1 aliphatic heterocycles. The molecule has 2 atom stereocenters. The third kappa shape index (κ3) is 3.26. The Morgan fingerprint density at radius 3 is 2.53 bits per heavy atom. The lowest BCUT2D eigenvalue weighted by molar-refractivity contribution is 0.519. The van der Waals surface area contributed by atoms with Crippen LogP contribution >= 0.6 is 11.8 Å². The van der Waals surface area contributed by atoms with Gasteiger partial charge in [-0.1, -0.05) is 36.2 Å². The molecule has 94 valence electrons. The zero-order valence-corrected chi connectivity index (χ0v) is 11.9. The van der Waals surface area contributed by atoms with Crippen LogP contribution in [0.4, 0.5) is 0 Å². The number of benzene rings is 1. The Kier molecular flexibility index (Phi) is 4.52. The van der Waals surface area contributed by atoms with Crippen LogP contribution in [0, 0.1) is 13.8 Å². The van der Waals surface area contributed by atoms with Gasteiger partial charge >= 0.3 is 0 Å². The topological polar surface area (TPSA) is 12.0 Å². The lowest BCUT2D eigenvalue weighted by Gasteiger charge is -2.25. The van der Waals surface area contributed by atoms with E-state index in [1.54, 1.807) is 0 Å². The first-order chi connectivity index (χ1) is 8.20. The van der Waals surface area contributed by atoms with E-state index in [1.807, 2.05) is 0 Å². The minimum absolute atomic E-state index is 0.533. The van der Waals surface area contributed by atoms with E-state index in [2.05, 4.69) is 56.0 Å². The van der Waals surface area contributed by atoms with E-state index in [1.165, 1.54) is 35.3 Å². The second-order valence-corrected chi connectivity index (χ2v) is 6.35. The van der Waals surface area contributed by atoms with Crippen LogP contribution in [0.1, 0.15) is 42.5 Å². The van der Waals surface area contributed by atoms with E-state index in [4.69, 9.17) is 0 Å². The quantitative estimate of drug-likeness (QED) is 0.870. The summed E-state index contributed by atoms with van der Waals surface area (Å²) in [5.41, 5.74) is 4.24. The predicted molar refractivity (Wildman–Crippen MR) is 77.8 cm³/mol. The van der Waals surface area contributed by atoms with Gasteiger partial charge in [-0.05, 0) is 44.6 Å². The van der Waals surface area contributed by atoms with Crippen molar-refractivity contribution in [2.45, 2.75) is 44.9 Å². The molecular weight excluding hydrogens is 226 g/mol. The Morgan fingerprint density at radius 1 is 1.29 bits per heavy atom. The van der Waals surface area contributed by atoms with Crippen molar-refractivity contribution in [3.8, 4) is 0 Å². The van der Waals surface area contributed by atoms with Gasteiger partial charge in [0.05, 0.1) is 0 Å². The zero-order valence-electron chi connectivity index (χ0n) is 11.1. The maximum Gasteiger partial charge on any atom is 0.0440 e. The van der Waals surface area contributed by atoms with Crippen LogP contribution in [-0.2, 0) is 0 Å². The fraction of sp³-hybridized carbons (Fsp3) is 0.600. The third-order valence-electron chi connectivity index (χ3n) is 3.36. The minimum atomic E-state index is 0.533. The van der Waals surface area contributed by atoms with E-state index in [-0.39, 0.29) is 0 Å². The van der Waals surface area contributed by atoms with Gasteiger partial charge in [-0.2, -0.15) is 11.8 Å². The third-order valence-corrected chi connectivity index (χ3v) is 4.82. The van der Waals surface area contributed by atoms with Gasteiger partial charge in [0.1, 0.15) is 0 Å². The monoisotopic (exact) mass is 249 g/mol. The Bertz CT molecular complexity index is 349. The Labute approximate surface area is 109 Å². The van der Waals surface area contributed by atoms with Crippen molar-refractivity contribution >= 4 is 11.8 Å². The van der Waals surface area contributed by atoms with Gasteiger partial charge in [0.15, 0.2) is 0 Å². The summed E-state index contributed by atoms with van der Waals surface area (Å²) in [5, 5.41) is 4.43. The molecule has 0 saturated carbocycles. The molecule has 0 radical (unpaired) electrons. The molecule has 1 nitrogen and oxygen atoms in total. The van der Waals surface area contributed by atoms with Crippen LogP contribution in [0.15, 0.2) is 18.2 Å². The molecule has 17 heavy (non-hydrogen) atoms. The van der Waals surface area contributed by atoms with Crippen LogP contribution in [0.2, 0.25) is 0 Å². The molecule has 1 saturated heterocycles. The molecule has 1 aromatic rings. The van der Waals surface area contributed by atoms with Gasteiger partial charge in [-0.25, -0.2) is 0 Å². The highest BCUT2D eigenvalue weighted by Gasteiger charge is 2.26. The van der Waals surface area contributed by atoms with Crippen molar-refractivity contribution in [3.63, 3.8) is 0 Å². The molecule has 1 fully saturated rings. The first kappa shape index (κ1) is 13.0. The highest BCUT2D eigenvalue weighted by Crippen LogP contribution is 2.36. The first-order valence-corrected chi connectivity index (χ1v) is 7.68. The maximum absolute atomic E-state index is 3.67. The van der Waals surface area contributed by atoms with Crippen LogP contribution < -0.4 is 5.32 Å². The summed E-state index contributed by atoms with van der Waals surface area (Å²) >= 11 is 2.13. The largest absolute Gasteiger partial charge is 0.309 e. The lowest BCUT2D eigenvalue weighted by Crippen LogP contribution is -2.29. The number of rotatable bonds is 4. The molecule has 1 N–H and O–H groups in total. The van der Waals surface area contributed by atoms with Gasteiger partial charge in [0.2, 0.25) is 0 Å². The smallest absolute Gasteiger partial charge is 0.0440 e. The van der Waals surface area contributed by atoms with E-state index < -0.39 is 0 Å². The Balaban J connectivity index is 2.24. The predicted octanol–water partition coefficient (Wildman–Crippen LogP) is 3.85. The molecule has 0 aliphatic carbocycles. The van der Waals surface area contributed by atoms with Crippen molar-refractivity contribution in [2.24, 2.45) is 0 Å². The molecule has 0 spiro atoms. The molecule has 2 heteroatoms. The number of aryl methyl sites for hydroxylation is 2. The first-order valence-electron chi connectivity index (χ1n) is 6.64. The van der Waals surface area contributed by atoms with Crippen LogP contribution in [0.25, 0.3) is 0 Å². The maximum atomic E-state index is 3.67. The number of thioether (sulfide) groups is 1. The summed E-state index contributed by atoms with van der Waals surface area (Å²) in [6.07, 6.45) is 2.73. The van der Waals surface area contributed by atoms with Crippen molar-refractivity contribution in [1.29, 1.82) is 0 Å². The van der Waals surface area contributed by atoms with Gasteiger partial charge in [0.25, 0.3) is 0 Å². The molecule has 0 amide bonds. The standard InChI is InChI=1S/C15H23NS/c1-4-16-15(14-6-5-7-17-14)13-9-11(2)8-12(3)10-13/h8-10,14-16H,4-7H2,1-3H3. The molecule has 0 bridgehead atoms.